The molecule has 1 heterocycles. The fourth-order valence-corrected chi connectivity index (χ4v) is 4.15. The predicted octanol–water partition coefficient (Wildman–Crippen LogP) is 1.51. The van der Waals surface area contributed by atoms with Gasteiger partial charge in [0.2, 0.25) is 0 Å². The van der Waals surface area contributed by atoms with Gasteiger partial charge in [0.25, 0.3) is 0 Å². The van der Waals surface area contributed by atoms with Gasteiger partial charge in [0.15, 0.2) is 9.84 Å². The molecule has 0 bridgehead atoms. The van der Waals surface area contributed by atoms with E-state index in [1.54, 1.807) is 32.2 Å². The van der Waals surface area contributed by atoms with E-state index < -0.39 is 15.1 Å². The highest BCUT2D eigenvalue weighted by Crippen LogP contribution is 2.40. The zero-order valence-electron chi connectivity index (χ0n) is 10.2. The van der Waals surface area contributed by atoms with Gasteiger partial charge in [0, 0.05) is 6.04 Å². The first-order valence-corrected chi connectivity index (χ1v) is 7.11. The normalized spacial score (nSPS) is 30.7. The van der Waals surface area contributed by atoms with Crippen molar-refractivity contribution in [3.63, 3.8) is 0 Å². The number of nitrogens with two attached hydrogens (primary N) is 1. The third kappa shape index (κ3) is 1.73. The smallest absolute Gasteiger partial charge is 0.181 e. The number of hydrogen-bond donors (Lipinski definition) is 1. The van der Waals surface area contributed by atoms with Gasteiger partial charge in [-0.1, -0.05) is 6.92 Å². The Balaban J connectivity index is 2.68. The molecule has 2 N–H and O–H groups in total. The van der Waals surface area contributed by atoms with E-state index in [1.807, 2.05) is 6.92 Å². The van der Waals surface area contributed by atoms with Gasteiger partial charge in [0.1, 0.15) is 5.75 Å². The van der Waals surface area contributed by atoms with Gasteiger partial charge < -0.3 is 10.5 Å². The molecule has 0 fully saturated rings. The van der Waals surface area contributed by atoms with Crippen LogP contribution in [0.25, 0.3) is 0 Å². The van der Waals surface area contributed by atoms with Crippen molar-refractivity contribution in [3.8, 4) is 5.75 Å². The molecule has 1 aliphatic rings. The van der Waals surface area contributed by atoms with Gasteiger partial charge in [-0.25, -0.2) is 8.42 Å². The molecule has 0 spiro atoms. The monoisotopic (exact) mass is 255 g/mol. The van der Waals surface area contributed by atoms with Crippen LogP contribution in [0, 0.1) is 5.92 Å². The average Bonchev–Trinajstić information content (AvgIpc) is 2.33. The molecule has 94 valence electrons. The zero-order chi connectivity index (χ0) is 12.8. The van der Waals surface area contributed by atoms with Crippen LogP contribution in [0.5, 0.6) is 5.75 Å². The molecule has 0 saturated heterocycles. The molecule has 1 aliphatic heterocycles. The minimum atomic E-state index is -3.26. The topological polar surface area (TPSA) is 69.4 Å². The molecule has 2 rings (SSSR count). The van der Waals surface area contributed by atoms with Crippen LogP contribution >= 0.6 is 0 Å². The van der Waals surface area contributed by atoms with Crippen molar-refractivity contribution in [2.75, 3.05) is 7.11 Å². The molecule has 0 amide bonds. The van der Waals surface area contributed by atoms with E-state index in [9.17, 15) is 8.42 Å². The highest BCUT2D eigenvalue weighted by Gasteiger charge is 2.40. The minimum Gasteiger partial charge on any atom is -0.497 e. The van der Waals surface area contributed by atoms with Crippen LogP contribution in [-0.2, 0) is 9.84 Å². The van der Waals surface area contributed by atoms with Crippen molar-refractivity contribution < 1.29 is 13.2 Å². The van der Waals surface area contributed by atoms with E-state index in [0.29, 0.717) is 16.2 Å². The first kappa shape index (κ1) is 12.4. The number of sulfone groups is 1. The van der Waals surface area contributed by atoms with Gasteiger partial charge in [-0.2, -0.15) is 0 Å². The van der Waals surface area contributed by atoms with Crippen molar-refractivity contribution in [2.45, 2.75) is 30.0 Å². The van der Waals surface area contributed by atoms with Crippen LogP contribution in [0.3, 0.4) is 0 Å². The molecule has 0 aliphatic carbocycles. The number of rotatable bonds is 1. The Morgan fingerprint density at radius 1 is 1.29 bits per heavy atom. The van der Waals surface area contributed by atoms with Crippen LogP contribution in [0.1, 0.15) is 25.5 Å². The van der Waals surface area contributed by atoms with Crippen molar-refractivity contribution in [2.24, 2.45) is 11.7 Å². The first-order chi connectivity index (χ1) is 7.89. The average molecular weight is 255 g/mol. The second-order valence-corrected chi connectivity index (χ2v) is 6.81. The van der Waals surface area contributed by atoms with E-state index >= 15 is 0 Å². The van der Waals surface area contributed by atoms with Gasteiger partial charge >= 0.3 is 0 Å². The lowest BCUT2D eigenvalue weighted by molar-refractivity contribution is 0.403. The van der Waals surface area contributed by atoms with Crippen molar-refractivity contribution in [1.29, 1.82) is 0 Å². The van der Waals surface area contributed by atoms with Crippen LogP contribution in [0.2, 0.25) is 0 Å². The largest absolute Gasteiger partial charge is 0.497 e. The standard InChI is InChI=1S/C12H17NO3S/c1-7-8(2)17(14,15)11-5-4-9(16-3)6-10(11)12(7)13/h4-8,12H,13H2,1-3H3. The third-order valence-corrected chi connectivity index (χ3v) is 6.07. The lowest BCUT2D eigenvalue weighted by Gasteiger charge is -2.33. The molecule has 0 aromatic heterocycles. The van der Waals surface area contributed by atoms with Crippen molar-refractivity contribution in [3.05, 3.63) is 23.8 Å². The fourth-order valence-electron chi connectivity index (χ4n) is 2.23. The third-order valence-electron chi connectivity index (χ3n) is 3.68. The van der Waals surface area contributed by atoms with E-state index in [4.69, 9.17) is 10.5 Å². The number of hydrogen-bond acceptors (Lipinski definition) is 4. The van der Waals surface area contributed by atoms with Crippen LogP contribution < -0.4 is 10.5 Å². The summed E-state index contributed by atoms with van der Waals surface area (Å²) < 4.78 is 29.6. The van der Waals surface area contributed by atoms with Gasteiger partial charge in [-0.15, -0.1) is 0 Å². The van der Waals surface area contributed by atoms with E-state index in [0.717, 1.165) is 0 Å². The second-order valence-electron chi connectivity index (χ2n) is 4.54. The summed E-state index contributed by atoms with van der Waals surface area (Å²) in [6.45, 7) is 3.59. The van der Waals surface area contributed by atoms with E-state index in [-0.39, 0.29) is 12.0 Å². The molecule has 5 heteroatoms. The maximum absolute atomic E-state index is 12.3. The number of methoxy groups -OCH3 is 1. The lowest BCUT2D eigenvalue weighted by Crippen LogP contribution is -2.38. The molecule has 1 aromatic carbocycles. The fraction of sp³-hybridized carbons (Fsp3) is 0.500. The Hall–Kier alpha value is -1.07. The predicted molar refractivity (Wildman–Crippen MR) is 65.7 cm³/mol. The molecule has 3 unspecified atom stereocenters. The van der Waals surface area contributed by atoms with Crippen LogP contribution in [0.15, 0.2) is 23.1 Å². The summed E-state index contributed by atoms with van der Waals surface area (Å²) in [5, 5.41) is -0.446. The maximum atomic E-state index is 12.3. The Labute approximate surface area is 102 Å². The molecule has 0 radical (unpaired) electrons. The Kier molecular flexibility index (Phi) is 2.91. The molecule has 4 nitrogen and oxygen atoms in total. The summed E-state index contributed by atoms with van der Waals surface area (Å²) in [4.78, 5) is 0.344. The summed E-state index contributed by atoms with van der Waals surface area (Å²) >= 11 is 0. The molecular formula is C12H17NO3S. The highest BCUT2D eigenvalue weighted by molar-refractivity contribution is 7.92. The summed E-state index contributed by atoms with van der Waals surface area (Å²) in [5.74, 6) is 0.538. The summed E-state index contributed by atoms with van der Waals surface area (Å²) in [7, 11) is -1.71. The molecular weight excluding hydrogens is 238 g/mol. The second kappa shape index (κ2) is 3.99. The summed E-state index contributed by atoms with van der Waals surface area (Å²) in [5.41, 5.74) is 6.77. The van der Waals surface area contributed by atoms with Gasteiger partial charge in [-0.05, 0) is 36.6 Å². The van der Waals surface area contributed by atoms with Gasteiger partial charge in [0.05, 0.1) is 17.3 Å². The van der Waals surface area contributed by atoms with Crippen LogP contribution in [-0.4, -0.2) is 20.8 Å². The lowest BCUT2D eigenvalue weighted by atomic mass is 9.92. The quantitative estimate of drug-likeness (QED) is 0.825. The number of benzene rings is 1. The highest BCUT2D eigenvalue weighted by atomic mass is 32.2. The summed E-state index contributed by atoms with van der Waals surface area (Å²) in [6.07, 6.45) is 0. The Morgan fingerprint density at radius 3 is 2.53 bits per heavy atom. The summed E-state index contributed by atoms with van der Waals surface area (Å²) in [6, 6.07) is 4.70. The molecule has 0 saturated carbocycles. The molecule has 3 atom stereocenters. The van der Waals surface area contributed by atoms with Crippen molar-refractivity contribution >= 4 is 9.84 Å². The molecule has 17 heavy (non-hydrogen) atoms. The molecule has 1 aromatic rings. The first-order valence-electron chi connectivity index (χ1n) is 5.57. The number of ether oxygens (including phenoxy) is 1. The minimum absolute atomic E-state index is 0.0976. The van der Waals surface area contributed by atoms with E-state index in [2.05, 4.69) is 0 Å². The van der Waals surface area contributed by atoms with Crippen LogP contribution in [0.4, 0.5) is 0 Å². The maximum Gasteiger partial charge on any atom is 0.181 e. The zero-order valence-corrected chi connectivity index (χ0v) is 11.0. The van der Waals surface area contributed by atoms with Gasteiger partial charge in [-0.3, -0.25) is 0 Å². The SMILES string of the molecule is COc1ccc2c(c1)C(N)C(C)C(C)S2(=O)=O. The Bertz CT molecular complexity index is 539. The van der Waals surface area contributed by atoms with E-state index in [1.165, 1.54) is 0 Å². The van der Waals surface area contributed by atoms with Crippen molar-refractivity contribution in [1.82, 2.24) is 0 Å². The number of fused-ring (bicyclic) bond motifs is 1. The Morgan fingerprint density at radius 2 is 1.94 bits per heavy atom.